The van der Waals surface area contributed by atoms with E-state index in [1.54, 1.807) is 30.3 Å². The summed E-state index contributed by atoms with van der Waals surface area (Å²) in [5, 5.41) is 12.3. The fourth-order valence-electron chi connectivity index (χ4n) is 2.14. The number of aromatic nitrogens is 3. The fraction of sp³-hybridized carbons (Fsp3) is 0.133. The van der Waals surface area contributed by atoms with Gasteiger partial charge in [-0.15, -0.1) is 0 Å². The lowest BCUT2D eigenvalue weighted by Gasteiger charge is -2.06. The Morgan fingerprint density at radius 3 is 3.00 bits per heavy atom. The van der Waals surface area contributed by atoms with Gasteiger partial charge in [-0.2, -0.15) is 0 Å². The number of anilines is 1. The van der Waals surface area contributed by atoms with Crippen molar-refractivity contribution in [1.82, 2.24) is 15.0 Å². The van der Waals surface area contributed by atoms with Gasteiger partial charge in [-0.25, -0.2) is 9.97 Å². The molecular weight excluding hydrogens is 304 g/mol. The van der Waals surface area contributed by atoms with Gasteiger partial charge in [0, 0.05) is 23.3 Å². The van der Waals surface area contributed by atoms with Crippen LogP contribution in [0, 0.1) is 0 Å². The van der Waals surface area contributed by atoms with E-state index in [9.17, 15) is 4.79 Å². The molecule has 1 amide bonds. The predicted octanol–water partition coefficient (Wildman–Crippen LogP) is 2.40. The van der Waals surface area contributed by atoms with E-state index < -0.39 is 0 Å². The van der Waals surface area contributed by atoms with Crippen LogP contribution in [-0.2, 0) is 6.42 Å². The number of nitrogens with one attached hydrogen (secondary N) is 2. The van der Waals surface area contributed by atoms with E-state index in [0.717, 1.165) is 0 Å². The normalized spacial score (nSPS) is 10.8. The maximum absolute atomic E-state index is 12.4. The van der Waals surface area contributed by atoms with Crippen LogP contribution >= 0.6 is 11.6 Å². The van der Waals surface area contributed by atoms with Crippen LogP contribution in [0.25, 0.3) is 11.2 Å². The molecule has 0 aliphatic carbocycles. The average Bonchev–Trinajstić information content (AvgIpc) is 2.89. The summed E-state index contributed by atoms with van der Waals surface area (Å²) in [4.78, 5) is 23.8. The second-order valence-corrected chi connectivity index (χ2v) is 5.12. The Labute approximate surface area is 131 Å². The number of halogens is 1. The summed E-state index contributed by atoms with van der Waals surface area (Å²) >= 11 is 5.91. The molecule has 0 saturated carbocycles. The van der Waals surface area contributed by atoms with Crippen molar-refractivity contribution < 1.29 is 9.90 Å². The summed E-state index contributed by atoms with van der Waals surface area (Å²) in [6.45, 7) is -0.0239. The van der Waals surface area contributed by atoms with E-state index >= 15 is 0 Å². The standard InChI is InChI=1S/C15H13ClN4O2/c16-9-2-1-3-10(8-9)18-15(22)11-4-6-17-14-13(11)19-12(20-14)5-7-21/h1-4,6,8,21H,5,7H2,(H,18,22)(H,17,19,20). The zero-order valence-corrected chi connectivity index (χ0v) is 12.3. The highest BCUT2D eigenvalue weighted by molar-refractivity contribution is 6.31. The molecular formula is C15H13ClN4O2. The van der Waals surface area contributed by atoms with Crippen molar-refractivity contribution >= 4 is 34.4 Å². The van der Waals surface area contributed by atoms with Crippen LogP contribution in [0.2, 0.25) is 5.02 Å². The second-order valence-electron chi connectivity index (χ2n) is 4.68. The topological polar surface area (TPSA) is 90.9 Å². The first kappa shape index (κ1) is 14.5. The number of H-pyrrole nitrogens is 1. The molecule has 0 saturated heterocycles. The molecule has 0 aliphatic rings. The van der Waals surface area contributed by atoms with E-state index in [4.69, 9.17) is 16.7 Å². The number of hydrogen-bond donors (Lipinski definition) is 3. The Balaban J connectivity index is 1.93. The van der Waals surface area contributed by atoms with Gasteiger partial charge in [0.25, 0.3) is 5.91 Å². The maximum atomic E-state index is 12.4. The van der Waals surface area contributed by atoms with Crippen molar-refractivity contribution in [3.63, 3.8) is 0 Å². The molecule has 2 aromatic heterocycles. The SMILES string of the molecule is O=C(Nc1cccc(Cl)c1)c1ccnc2nc(CCO)[nH]c12. The summed E-state index contributed by atoms with van der Waals surface area (Å²) in [7, 11) is 0. The molecule has 0 unspecified atom stereocenters. The van der Waals surface area contributed by atoms with Crippen molar-refractivity contribution in [3.8, 4) is 0 Å². The Morgan fingerprint density at radius 2 is 2.23 bits per heavy atom. The molecule has 2 heterocycles. The Hall–Kier alpha value is -2.44. The van der Waals surface area contributed by atoms with Gasteiger partial charge in [0.2, 0.25) is 0 Å². The van der Waals surface area contributed by atoms with Gasteiger partial charge >= 0.3 is 0 Å². The number of aliphatic hydroxyl groups is 1. The van der Waals surface area contributed by atoms with Crippen LogP contribution in [0.5, 0.6) is 0 Å². The van der Waals surface area contributed by atoms with E-state index in [0.29, 0.717) is 39.7 Å². The Bertz CT molecular complexity index is 831. The highest BCUT2D eigenvalue weighted by Gasteiger charge is 2.14. The summed E-state index contributed by atoms with van der Waals surface area (Å²) in [6.07, 6.45) is 1.91. The summed E-state index contributed by atoms with van der Waals surface area (Å²) in [5.41, 5.74) is 2.03. The van der Waals surface area contributed by atoms with Gasteiger partial charge in [0.05, 0.1) is 17.7 Å². The van der Waals surface area contributed by atoms with Crippen molar-refractivity contribution in [2.45, 2.75) is 6.42 Å². The van der Waals surface area contributed by atoms with E-state index in [2.05, 4.69) is 20.3 Å². The molecule has 3 rings (SSSR count). The number of pyridine rings is 1. The molecule has 1 aromatic carbocycles. The number of rotatable bonds is 4. The minimum absolute atomic E-state index is 0.0239. The lowest BCUT2D eigenvalue weighted by molar-refractivity contribution is 0.102. The lowest BCUT2D eigenvalue weighted by atomic mass is 10.2. The maximum Gasteiger partial charge on any atom is 0.257 e. The molecule has 0 radical (unpaired) electrons. The Kier molecular flexibility index (Phi) is 4.04. The first-order valence-electron chi connectivity index (χ1n) is 6.69. The van der Waals surface area contributed by atoms with Crippen LogP contribution in [0.3, 0.4) is 0 Å². The molecule has 0 spiro atoms. The molecule has 0 bridgehead atoms. The zero-order valence-electron chi connectivity index (χ0n) is 11.5. The van der Waals surface area contributed by atoms with Crippen molar-refractivity contribution in [3.05, 3.63) is 52.9 Å². The Morgan fingerprint density at radius 1 is 1.36 bits per heavy atom. The first-order valence-corrected chi connectivity index (χ1v) is 7.06. The van der Waals surface area contributed by atoms with Crippen LogP contribution in [0.4, 0.5) is 5.69 Å². The van der Waals surface area contributed by atoms with Gasteiger partial charge in [-0.05, 0) is 24.3 Å². The van der Waals surface area contributed by atoms with E-state index in [1.807, 2.05) is 0 Å². The molecule has 7 heteroatoms. The van der Waals surface area contributed by atoms with Crippen LogP contribution in [-0.4, -0.2) is 32.6 Å². The molecule has 22 heavy (non-hydrogen) atoms. The third kappa shape index (κ3) is 2.93. The van der Waals surface area contributed by atoms with Crippen molar-refractivity contribution in [1.29, 1.82) is 0 Å². The van der Waals surface area contributed by atoms with Crippen LogP contribution in [0.15, 0.2) is 36.5 Å². The summed E-state index contributed by atoms with van der Waals surface area (Å²) in [5.74, 6) is 0.307. The van der Waals surface area contributed by atoms with Crippen LogP contribution < -0.4 is 5.32 Å². The van der Waals surface area contributed by atoms with Crippen molar-refractivity contribution in [2.75, 3.05) is 11.9 Å². The summed E-state index contributed by atoms with van der Waals surface area (Å²) < 4.78 is 0. The third-order valence-corrected chi connectivity index (χ3v) is 3.35. The average molecular weight is 317 g/mol. The quantitative estimate of drug-likeness (QED) is 0.689. The monoisotopic (exact) mass is 316 g/mol. The number of nitrogens with zero attached hydrogens (tertiary/aromatic N) is 2. The number of hydrogen-bond acceptors (Lipinski definition) is 4. The molecule has 0 fully saturated rings. The van der Waals surface area contributed by atoms with E-state index in [-0.39, 0.29) is 12.5 Å². The fourth-order valence-corrected chi connectivity index (χ4v) is 2.33. The van der Waals surface area contributed by atoms with E-state index in [1.165, 1.54) is 6.20 Å². The highest BCUT2D eigenvalue weighted by Crippen LogP contribution is 2.19. The zero-order chi connectivity index (χ0) is 15.5. The number of amides is 1. The first-order chi connectivity index (χ1) is 10.7. The number of aromatic amines is 1. The van der Waals surface area contributed by atoms with Gasteiger partial charge < -0.3 is 15.4 Å². The highest BCUT2D eigenvalue weighted by atomic mass is 35.5. The molecule has 3 N–H and O–H groups in total. The van der Waals surface area contributed by atoms with Crippen molar-refractivity contribution in [2.24, 2.45) is 0 Å². The third-order valence-electron chi connectivity index (χ3n) is 3.12. The number of benzene rings is 1. The smallest absolute Gasteiger partial charge is 0.257 e. The number of imidazole rings is 1. The summed E-state index contributed by atoms with van der Waals surface area (Å²) in [6, 6.07) is 8.53. The van der Waals surface area contributed by atoms with Crippen LogP contribution in [0.1, 0.15) is 16.2 Å². The minimum Gasteiger partial charge on any atom is -0.396 e. The molecule has 112 valence electrons. The second kappa shape index (κ2) is 6.13. The molecule has 3 aromatic rings. The number of fused-ring (bicyclic) bond motifs is 1. The van der Waals surface area contributed by atoms with Gasteiger partial charge in [-0.1, -0.05) is 17.7 Å². The molecule has 0 aliphatic heterocycles. The molecule has 6 nitrogen and oxygen atoms in total. The predicted molar refractivity (Wildman–Crippen MR) is 84.1 cm³/mol. The van der Waals surface area contributed by atoms with Gasteiger partial charge in [0.15, 0.2) is 5.65 Å². The number of carbonyl (C=O) groups is 1. The lowest BCUT2D eigenvalue weighted by Crippen LogP contribution is -2.12. The van der Waals surface area contributed by atoms with Gasteiger partial charge in [0.1, 0.15) is 5.82 Å². The number of aliphatic hydroxyl groups excluding tert-OH is 1. The largest absolute Gasteiger partial charge is 0.396 e. The minimum atomic E-state index is -0.283. The van der Waals surface area contributed by atoms with Gasteiger partial charge in [-0.3, -0.25) is 4.79 Å². The molecule has 0 atom stereocenters. The number of carbonyl (C=O) groups excluding carboxylic acids is 1.